The van der Waals surface area contributed by atoms with Gasteiger partial charge in [-0.2, -0.15) is 16.5 Å². The molecule has 30 heavy (non-hydrogen) atoms. The number of amides is 2. The molecule has 0 aromatic heterocycles. The molecule has 0 aliphatic carbocycles. The highest BCUT2D eigenvalue weighted by Gasteiger charge is 2.26. The highest BCUT2D eigenvalue weighted by atomic mass is 32.2. The zero-order valence-corrected chi connectivity index (χ0v) is 19.1. The number of hydrogen-bond donors (Lipinski definition) is 3. The fraction of sp³-hybridized carbons (Fsp3) is 0.333. The third-order valence-corrected chi connectivity index (χ3v) is 6.57. The lowest BCUT2D eigenvalue weighted by Crippen LogP contribution is -2.44. The van der Waals surface area contributed by atoms with Crippen molar-refractivity contribution in [3.8, 4) is 0 Å². The van der Waals surface area contributed by atoms with Crippen LogP contribution in [0.1, 0.15) is 24.5 Å². The summed E-state index contributed by atoms with van der Waals surface area (Å²) in [5.41, 5.74) is 2.43. The number of sulfonamides is 1. The lowest BCUT2D eigenvalue weighted by atomic mass is 10.2. The summed E-state index contributed by atoms with van der Waals surface area (Å²) in [5, 5.41) is 5.39. The third-order valence-electron chi connectivity index (χ3n) is 4.31. The summed E-state index contributed by atoms with van der Waals surface area (Å²) in [6.45, 7) is 4.93. The van der Waals surface area contributed by atoms with Crippen molar-refractivity contribution < 1.29 is 18.0 Å². The summed E-state index contributed by atoms with van der Waals surface area (Å²) in [6.07, 6.45) is 2.23. The van der Waals surface area contributed by atoms with Crippen molar-refractivity contribution in [1.82, 2.24) is 4.72 Å². The van der Waals surface area contributed by atoms with Gasteiger partial charge >= 0.3 is 0 Å². The molecular weight excluding hydrogens is 422 g/mol. The number of rotatable bonds is 9. The van der Waals surface area contributed by atoms with Crippen molar-refractivity contribution in [1.29, 1.82) is 0 Å². The van der Waals surface area contributed by atoms with Crippen molar-refractivity contribution in [2.75, 3.05) is 22.6 Å². The van der Waals surface area contributed by atoms with Gasteiger partial charge in [-0.25, -0.2) is 8.42 Å². The van der Waals surface area contributed by atoms with Crippen LogP contribution < -0.4 is 15.4 Å². The molecule has 2 amide bonds. The number of benzene rings is 2. The van der Waals surface area contributed by atoms with Crippen LogP contribution in [-0.4, -0.2) is 38.3 Å². The molecule has 162 valence electrons. The molecule has 0 aliphatic rings. The molecule has 2 aromatic carbocycles. The van der Waals surface area contributed by atoms with Crippen molar-refractivity contribution in [3.63, 3.8) is 0 Å². The van der Waals surface area contributed by atoms with Crippen molar-refractivity contribution in [3.05, 3.63) is 53.6 Å². The van der Waals surface area contributed by atoms with Crippen LogP contribution in [0.15, 0.2) is 47.4 Å². The Kier molecular flexibility index (Phi) is 8.45. The van der Waals surface area contributed by atoms with Gasteiger partial charge in [0.15, 0.2) is 0 Å². The smallest absolute Gasteiger partial charge is 0.242 e. The average Bonchev–Trinajstić information content (AvgIpc) is 2.66. The molecule has 0 aliphatic heterocycles. The minimum Gasteiger partial charge on any atom is -0.326 e. The summed E-state index contributed by atoms with van der Waals surface area (Å²) in [7, 11) is -3.88. The molecule has 9 heteroatoms. The lowest BCUT2D eigenvalue weighted by Gasteiger charge is -2.19. The van der Waals surface area contributed by atoms with Gasteiger partial charge in [0.25, 0.3) is 0 Å². The van der Waals surface area contributed by atoms with E-state index in [-0.39, 0.29) is 10.8 Å². The third kappa shape index (κ3) is 6.86. The molecule has 0 heterocycles. The molecule has 0 bridgehead atoms. The molecule has 1 atom stereocenters. The first kappa shape index (κ1) is 23.9. The Morgan fingerprint density at radius 3 is 2.33 bits per heavy atom. The van der Waals surface area contributed by atoms with E-state index in [2.05, 4.69) is 15.4 Å². The molecule has 0 saturated carbocycles. The molecule has 0 radical (unpaired) electrons. The molecule has 7 nitrogen and oxygen atoms in total. The van der Waals surface area contributed by atoms with Gasteiger partial charge in [0.05, 0.1) is 4.90 Å². The van der Waals surface area contributed by atoms with Gasteiger partial charge < -0.3 is 10.6 Å². The largest absolute Gasteiger partial charge is 0.326 e. The maximum absolute atomic E-state index is 13.0. The van der Waals surface area contributed by atoms with Crippen LogP contribution in [0.4, 0.5) is 11.4 Å². The van der Waals surface area contributed by atoms with Crippen molar-refractivity contribution in [2.45, 2.75) is 38.1 Å². The number of carbonyl (C=O) groups is 2. The maximum Gasteiger partial charge on any atom is 0.242 e. The number of thioether (sulfide) groups is 1. The fourth-order valence-electron chi connectivity index (χ4n) is 2.83. The van der Waals surface area contributed by atoms with E-state index in [1.54, 1.807) is 43.3 Å². The molecular formula is C21H27N3O4S2. The van der Waals surface area contributed by atoms with Crippen LogP contribution in [0, 0.1) is 13.8 Å². The Bertz CT molecular complexity index is 1020. The molecule has 2 aromatic rings. The van der Waals surface area contributed by atoms with Gasteiger partial charge in [0, 0.05) is 18.3 Å². The predicted octanol–water partition coefficient (Wildman–Crippen LogP) is 3.30. The molecule has 0 unspecified atom stereocenters. The molecule has 0 fully saturated rings. The lowest BCUT2D eigenvalue weighted by molar-refractivity contribution is -0.117. The van der Waals surface area contributed by atoms with Gasteiger partial charge in [-0.1, -0.05) is 18.2 Å². The molecule has 3 N–H and O–H groups in total. The van der Waals surface area contributed by atoms with Gasteiger partial charge in [0.2, 0.25) is 21.8 Å². The second-order valence-electron chi connectivity index (χ2n) is 6.98. The Morgan fingerprint density at radius 2 is 1.70 bits per heavy atom. The van der Waals surface area contributed by atoms with E-state index in [1.165, 1.54) is 18.7 Å². The van der Waals surface area contributed by atoms with E-state index in [9.17, 15) is 18.0 Å². The Hall–Kier alpha value is -2.36. The fourth-order valence-corrected chi connectivity index (χ4v) is 4.86. The van der Waals surface area contributed by atoms with E-state index >= 15 is 0 Å². The van der Waals surface area contributed by atoms with E-state index in [4.69, 9.17) is 0 Å². The number of anilines is 2. The van der Waals surface area contributed by atoms with Gasteiger partial charge in [0.1, 0.15) is 6.04 Å². The Morgan fingerprint density at radius 1 is 1.03 bits per heavy atom. The minimum atomic E-state index is -3.88. The van der Waals surface area contributed by atoms with E-state index in [0.29, 0.717) is 29.1 Å². The van der Waals surface area contributed by atoms with Crippen LogP contribution in [0.3, 0.4) is 0 Å². The second-order valence-corrected chi connectivity index (χ2v) is 9.64. The topological polar surface area (TPSA) is 104 Å². The van der Waals surface area contributed by atoms with Crippen LogP contribution in [0.5, 0.6) is 0 Å². The zero-order valence-electron chi connectivity index (χ0n) is 17.5. The number of carbonyl (C=O) groups excluding carboxylic acids is 2. The number of hydrogen-bond acceptors (Lipinski definition) is 5. The monoisotopic (exact) mass is 449 g/mol. The van der Waals surface area contributed by atoms with Gasteiger partial charge in [-0.3, -0.25) is 9.59 Å². The zero-order chi connectivity index (χ0) is 22.3. The first-order chi connectivity index (χ1) is 14.1. The standard InChI is InChI=1S/C21H27N3O4S2/c1-14-8-9-15(2)20(12-14)30(27,28)24-19(10-11-29-4)21(26)23-18-7-5-6-17(13-18)22-16(3)25/h5-9,12-13,19,24H,10-11H2,1-4H3,(H,22,25)(H,23,26)/t19-/m1/s1. The van der Waals surface area contributed by atoms with Gasteiger partial charge in [-0.15, -0.1) is 0 Å². The van der Waals surface area contributed by atoms with Crippen LogP contribution in [0.2, 0.25) is 0 Å². The van der Waals surface area contributed by atoms with Crippen LogP contribution in [0.25, 0.3) is 0 Å². The number of nitrogens with one attached hydrogen (secondary N) is 3. The normalized spacial score (nSPS) is 12.3. The summed E-state index contributed by atoms with van der Waals surface area (Å²) in [4.78, 5) is 24.3. The van der Waals surface area contributed by atoms with Crippen molar-refractivity contribution in [2.24, 2.45) is 0 Å². The quantitative estimate of drug-likeness (QED) is 0.545. The minimum absolute atomic E-state index is 0.164. The molecule has 0 spiro atoms. The summed E-state index contributed by atoms with van der Waals surface area (Å²) in [5.74, 6) is -0.0743. The highest BCUT2D eigenvalue weighted by Crippen LogP contribution is 2.19. The first-order valence-electron chi connectivity index (χ1n) is 9.39. The van der Waals surface area contributed by atoms with E-state index in [1.807, 2.05) is 19.2 Å². The van der Waals surface area contributed by atoms with Crippen LogP contribution >= 0.6 is 11.8 Å². The summed E-state index contributed by atoms with van der Waals surface area (Å²) < 4.78 is 28.5. The Labute approximate surface area is 182 Å². The first-order valence-corrected chi connectivity index (χ1v) is 12.3. The SMILES string of the molecule is CSCC[C@@H](NS(=O)(=O)c1cc(C)ccc1C)C(=O)Nc1cccc(NC(C)=O)c1. The predicted molar refractivity (Wildman–Crippen MR) is 122 cm³/mol. The Balaban J connectivity index is 2.23. The summed E-state index contributed by atoms with van der Waals surface area (Å²) in [6, 6.07) is 10.9. The van der Waals surface area contributed by atoms with Crippen LogP contribution in [-0.2, 0) is 19.6 Å². The van der Waals surface area contributed by atoms with Gasteiger partial charge in [-0.05, 0) is 67.7 Å². The summed E-state index contributed by atoms with van der Waals surface area (Å²) >= 11 is 1.53. The second kappa shape index (κ2) is 10.6. The van der Waals surface area contributed by atoms with Crippen molar-refractivity contribution >= 4 is 45.0 Å². The number of aryl methyl sites for hydroxylation is 2. The molecule has 2 rings (SSSR count). The van der Waals surface area contributed by atoms with E-state index < -0.39 is 22.0 Å². The average molecular weight is 450 g/mol. The maximum atomic E-state index is 13.0. The molecule has 0 saturated heterocycles. The van der Waals surface area contributed by atoms with E-state index in [0.717, 1.165) is 5.56 Å². The highest BCUT2D eigenvalue weighted by molar-refractivity contribution is 7.98.